The van der Waals surface area contributed by atoms with Crippen LogP contribution in [0.25, 0.3) is 0 Å². The minimum atomic E-state index is -3.93. The summed E-state index contributed by atoms with van der Waals surface area (Å²) in [6.07, 6.45) is 4.46. The quantitative estimate of drug-likeness (QED) is 0.632. The highest BCUT2D eigenvalue weighted by molar-refractivity contribution is 7.89. The fraction of sp³-hybridized carbons (Fsp3) is 0.435. The number of benzene rings is 2. The number of halogens is 1. The van der Waals surface area contributed by atoms with Crippen LogP contribution in [0.5, 0.6) is 5.75 Å². The van der Waals surface area contributed by atoms with E-state index in [-0.39, 0.29) is 35.7 Å². The highest BCUT2D eigenvalue weighted by Crippen LogP contribution is 2.32. The van der Waals surface area contributed by atoms with E-state index in [0.29, 0.717) is 5.02 Å². The normalized spacial score (nSPS) is 15.1. The van der Waals surface area contributed by atoms with Crippen molar-refractivity contribution in [1.82, 2.24) is 9.62 Å². The van der Waals surface area contributed by atoms with Crippen molar-refractivity contribution >= 4 is 27.5 Å². The first-order chi connectivity index (χ1) is 14.8. The second-order valence-electron chi connectivity index (χ2n) is 7.86. The number of rotatable bonds is 8. The molecule has 8 heteroatoms. The van der Waals surface area contributed by atoms with Gasteiger partial charge in [0.2, 0.25) is 15.9 Å². The fourth-order valence-corrected chi connectivity index (χ4v) is 6.01. The maximum atomic E-state index is 13.7. The number of hydrogen-bond donors (Lipinski definition) is 1. The molecule has 1 saturated carbocycles. The average Bonchev–Trinajstić information content (AvgIpc) is 2.77. The minimum absolute atomic E-state index is 0.0967. The standard InChI is InChI=1S/C23H29ClN2O4S/c1-17-12-13-21(30-2)22(14-17)31(28,29)26(19-9-4-3-5-10-19)16-23(27)25-15-18-8-6-7-11-20(18)24/h6-8,11-14,19H,3-5,9-10,15-16H2,1-2H3,(H,25,27). The van der Waals surface area contributed by atoms with Gasteiger partial charge >= 0.3 is 0 Å². The summed E-state index contributed by atoms with van der Waals surface area (Å²) >= 11 is 6.16. The number of amides is 1. The Morgan fingerprint density at radius 1 is 1.16 bits per heavy atom. The van der Waals surface area contributed by atoms with Gasteiger partial charge in [-0.25, -0.2) is 8.42 Å². The molecule has 2 aromatic rings. The van der Waals surface area contributed by atoms with Crippen LogP contribution >= 0.6 is 11.6 Å². The monoisotopic (exact) mass is 464 g/mol. The molecule has 1 amide bonds. The van der Waals surface area contributed by atoms with Crippen LogP contribution in [-0.4, -0.2) is 38.3 Å². The number of hydrogen-bond acceptors (Lipinski definition) is 4. The predicted molar refractivity (Wildman–Crippen MR) is 122 cm³/mol. The molecule has 0 unspecified atom stereocenters. The van der Waals surface area contributed by atoms with Gasteiger partial charge < -0.3 is 10.1 Å². The Bertz CT molecular complexity index is 1020. The number of sulfonamides is 1. The van der Waals surface area contributed by atoms with Crippen LogP contribution in [0.15, 0.2) is 47.4 Å². The van der Waals surface area contributed by atoms with Gasteiger partial charge in [0.15, 0.2) is 0 Å². The Morgan fingerprint density at radius 2 is 1.87 bits per heavy atom. The fourth-order valence-electron chi connectivity index (χ4n) is 3.92. The molecule has 3 rings (SSSR count). The van der Waals surface area contributed by atoms with Crippen LogP contribution in [0, 0.1) is 6.92 Å². The number of ether oxygens (including phenoxy) is 1. The Hall–Kier alpha value is -2.09. The first kappa shape index (κ1) is 23.6. The van der Waals surface area contributed by atoms with Crippen LogP contribution in [0.1, 0.15) is 43.2 Å². The van der Waals surface area contributed by atoms with Gasteiger partial charge in [-0.3, -0.25) is 4.79 Å². The number of nitrogens with zero attached hydrogens (tertiary/aromatic N) is 1. The first-order valence-electron chi connectivity index (χ1n) is 10.5. The van der Waals surface area contributed by atoms with Gasteiger partial charge in [0, 0.05) is 17.6 Å². The molecule has 168 valence electrons. The maximum Gasteiger partial charge on any atom is 0.247 e. The molecule has 1 aliphatic rings. The zero-order chi connectivity index (χ0) is 22.4. The lowest BCUT2D eigenvalue weighted by Gasteiger charge is -2.33. The van der Waals surface area contributed by atoms with Gasteiger partial charge in [-0.15, -0.1) is 0 Å². The van der Waals surface area contributed by atoms with Crippen LogP contribution in [0.3, 0.4) is 0 Å². The summed E-state index contributed by atoms with van der Waals surface area (Å²) in [6, 6.07) is 12.1. The highest BCUT2D eigenvalue weighted by Gasteiger charge is 2.35. The number of nitrogens with one attached hydrogen (secondary N) is 1. The molecule has 0 radical (unpaired) electrons. The first-order valence-corrected chi connectivity index (χ1v) is 12.3. The van der Waals surface area contributed by atoms with Crippen molar-refractivity contribution in [1.29, 1.82) is 0 Å². The number of aryl methyl sites for hydroxylation is 1. The lowest BCUT2D eigenvalue weighted by Crippen LogP contribution is -2.47. The van der Waals surface area contributed by atoms with Crippen molar-refractivity contribution in [3.05, 3.63) is 58.6 Å². The zero-order valence-corrected chi connectivity index (χ0v) is 19.5. The summed E-state index contributed by atoms with van der Waals surface area (Å²) < 4.78 is 34.0. The van der Waals surface area contributed by atoms with Gasteiger partial charge in [0.25, 0.3) is 0 Å². The molecular formula is C23H29ClN2O4S. The summed E-state index contributed by atoms with van der Waals surface area (Å²) in [6.45, 7) is 1.83. The molecule has 0 aliphatic heterocycles. The molecular weight excluding hydrogens is 436 g/mol. The van der Waals surface area contributed by atoms with Crippen molar-refractivity contribution in [2.24, 2.45) is 0 Å². The summed E-state index contributed by atoms with van der Waals surface area (Å²) in [4.78, 5) is 12.9. The van der Waals surface area contributed by atoms with Crippen LogP contribution < -0.4 is 10.1 Å². The topological polar surface area (TPSA) is 75.7 Å². The predicted octanol–water partition coefficient (Wildman–Crippen LogP) is 4.30. The van der Waals surface area contributed by atoms with Crippen molar-refractivity contribution in [2.75, 3.05) is 13.7 Å². The molecule has 2 aromatic carbocycles. The van der Waals surface area contributed by atoms with Crippen molar-refractivity contribution in [3.63, 3.8) is 0 Å². The Kier molecular flexibility index (Phi) is 7.97. The van der Waals surface area contributed by atoms with E-state index in [4.69, 9.17) is 16.3 Å². The lowest BCUT2D eigenvalue weighted by molar-refractivity contribution is -0.121. The van der Waals surface area contributed by atoms with Crippen LogP contribution in [0.4, 0.5) is 0 Å². The molecule has 1 N–H and O–H groups in total. The average molecular weight is 465 g/mol. The van der Waals surface area contributed by atoms with Gasteiger partial charge in [-0.2, -0.15) is 4.31 Å². The van der Waals surface area contributed by atoms with Crippen molar-refractivity contribution in [3.8, 4) is 5.75 Å². The third kappa shape index (κ3) is 5.79. The molecule has 0 atom stereocenters. The molecule has 6 nitrogen and oxygen atoms in total. The second-order valence-corrected chi connectivity index (χ2v) is 10.1. The Balaban J connectivity index is 1.85. The summed E-state index contributed by atoms with van der Waals surface area (Å²) in [5.74, 6) is -0.0800. The molecule has 31 heavy (non-hydrogen) atoms. The molecule has 0 bridgehead atoms. The Morgan fingerprint density at radius 3 is 2.55 bits per heavy atom. The van der Waals surface area contributed by atoms with Gasteiger partial charge in [-0.1, -0.05) is 55.1 Å². The summed E-state index contributed by atoms with van der Waals surface area (Å²) in [7, 11) is -2.48. The van der Waals surface area contributed by atoms with E-state index in [1.807, 2.05) is 25.1 Å². The van der Waals surface area contributed by atoms with E-state index in [1.54, 1.807) is 24.3 Å². The van der Waals surface area contributed by atoms with Gasteiger partial charge in [-0.05, 0) is 49.1 Å². The number of carbonyl (C=O) groups is 1. The third-order valence-corrected chi connectivity index (χ3v) is 7.91. The molecule has 0 heterocycles. The third-order valence-electron chi connectivity index (χ3n) is 5.62. The highest BCUT2D eigenvalue weighted by atomic mass is 35.5. The minimum Gasteiger partial charge on any atom is -0.495 e. The summed E-state index contributed by atoms with van der Waals surface area (Å²) in [5, 5.41) is 3.37. The van der Waals surface area contributed by atoms with Crippen molar-refractivity contribution < 1.29 is 17.9 Å². The van der Waals surface area contributed by atoms with Crippen LogP contribution in [0.2, 0.25) is 5.02 Å². The summed E-state index contributed by atoms with van der Waals surface area (Å²) in [5.41, 5.74) is 1.59. The van der Waals surface area contributed by atoms with Crippen LogP contribution in [-0.2, 0) is 21.4 Å². The molecule has 1 fully saturated rings. The van der Waals surface area contributed by atoms with E-state index in [1.165, 1.54) is 11.4 Å². The largest absolute Gasteiger partial charge is 0.495 e. The van der Waals surface area contributed by atoms with E-state index in [2.05, 4.69) is 5.32 Å². The number of methoxy groups -OCH3 is 1. The van der Waals surface area contributed by atoms with Gasteiger partial charge in [0.1, 0.15) is 10.6 Å². The van der Waals surface area contributed by atoms with E-state index < -0.39 is 10.0 Å². The second kappa shape index (κ2) is 10.5. The van der Waals surface area contributed by atoms with Crippen molar-refractivity contribution in [2.45, 2.75) is 56.5 Å². The Labute approximate surface area is 189 Å². The molecule has 1 aliphatic carbocycles. The smallest absolute Gasteiger partial charge is 0.247 e. The number of carbonyl (C=O) groups excluding carboxylic acids is 1. The molecule has 0 spiro atoms. The molecule has 0 aromatic heterocycles. The lowest BCUT2D eigenvalue weighted by atomic mass is 9.95. The van der Waals surface area contributed by atoms with E-state index >= 15 is 0 Å². The maximum absolute atomic E-state index is 13.7. The zero-order valence-electron chi connectivity index (χ0n) is 17.9. The SMILES string of the molecule is COc1ccc(C)cc1S(=O)(=O)N(CC(=O)NCc1ccccc1Cl)C1CCCCC1. The van der Waals surface area contributed by atoms with Gasteiger partial charge in [0.05, 0.1) is 13.7 Å². The van der Waals surface area contributed by atoms with E-state index in [9.17, 15) is 13.2 Å². The van der Waals surface area contributed by atoms with E-state index in [0.717, 1.165) is 43.2 Å². The molecule has 0 saturated heterocycles.